The number of benzene rings is 1. The molecule has 3 aromatic heterocycles. The maximum atomic E-state index is 12.9. The Hall–Kier alpha value is -3.82. The Kier molecular flexibility index (Phi) is 3.62. The lowest BCUT2D eigenvalue weighted by atomic mass is 10.2. The summed E-state index contributed by atoms with van der Waals surface area (Å²) in [5.41, 5.74) is -0.0291. The van der Waals surface area contributed by atoms with Crippen LogP contribution in [-0.4, -0.2) is 34.1 Å². The highest BCUT2D eigenvalue weighted by atomic mass is 16.2. The van der Waals surface area contributed by atoms with Crippen LogP contribution in [0.25, 0.3) is 28.2 Å². The highest BCUT2D eigenvalue weighted by molar-refractivity contribution is 5.71. The van der Waals surface area contributed by atoms with Gasteiger partial charge in [0.05, 0.1) is 5.69 Å². The van der Waals surface area contributed by atoms with Crippen LogP contribution in [-0.2, 0) is 14.1 Å². The number of fused-ring (bicyclic) bond motifs is 1. The molecule has 1 N–H and O–H groups in total. The number of para-hydroxylation sites is 1. The lowest BCUT2D eigenvalue weighted by Gasteiger charge is -2.06. The number of aromatic amines is 1. The van der Waals surface area contributed by atoms with Crippen LogP contribution in [0.15, 0.2) is 44.7 Å². The van der Waals surface area contributed by atoms with Crippen molar-refractivity contribution < 1.29 is 0 Å². The van der Waals surface area contributed by atoms with Crippen LogP contribution >= 0.6 is 0 Å². The van der Waals surface area contributed by atoms with Gasteiger partial charge in [-0.15, -0.1) is 10.2 Å². The highest BCUT2D eigenvalue weighted by Gasteiger charge is 2.20. The molecule has 0 spiro atoms. The molecule has 10 nitrogen and oxygen atoms in total. The second-order valence-electron chi connectivity index (χ2n) is 6.10. The van der Waals surface area contributed by atoms with Gasteiger partial charge in [-0.05, 0) is 19.1 Å². The maximum Gasteiger partial charge on any atom is 0.332 e. The predicted octanol–water partition coefficient (Wildman–Crippen LogP) is -0.123. The summed E-state index contributed by atoms with van der Waals surface area (Å²) in [6, 6.07) is 9.05. The summed E-state index contributed by atoms with van der Waals surface area (Å²) in [5.74, 6) is 0.0409. The van der Waals surface area contributed by atoms with Gasteiger partial charge in [-0.2, -0.15) is 0 Å². The van der Waals surface area contributed by atoms with E-state index in [0.29, 0.717) is 11.4 Å². The van der Waals surface area contributed by atoms with Gasteiger partial charge in [-0.25, -0.2) is 14.5 Å². The maximum absolute atomic E-state index is 12.9. The molecule has 0 bridgehead atoms. The molecule has 27 heavy (non-hydrogen) atoms. The predicted molar refractivity (Wildman–Crippen MR) is 97.9 cm³/mol. The molecule has 0 fully saturated rings. The van der Waals surface area contributed by atoms with E-state index in [2.05, 4.69) is 20.3 Å². The molecule has 0 aliphatic carbocycles. The minimum absolute atomic E-state index is 0.0409. The monoisotopic (exact) mass is 365 g/mol. The molecule has 0 aliphatic rings. The topological polar surface area (TPSA) is 120 Å². The van der Waals surface area contributed by atoms with Gasteiger partial charge in [0, 0.05) is 19.8 Å². The van der Waals surface area contributed by atoms with Crippen molar-refractivity contribution in [2.45, 2.75) is 6.92 Å². The zero-order chi connectivity index (χ0) is 19.3. The normalized spacial score (nSPS) is 11.2. The van der Waals surface area contributed by atoms with Crippen LogP contribution in [0, 0.1) is 6.92 Å². The van der Waals surface area contributed by atoms with Crippen LogP contribution < -0.4 is 16.8 Å². The number of rotatable bonds is 2. The summed E-state index contributed by atoms with van der Waals surface area (Å²) in [6.07, 6.45) is 0. The number of aryl methyl sites for hydroxylation is 2. The van der Waals surface area contributed by atoms with E-state index in [9.17, 15) is 14.4 Å². The summed E-state index contributed by atoms with van der Waals surface area (Å²) in [6.45, 7) is 1.72. The summed E-state index contributed by atoms with van der Waals surface area (Å²) < 4.78 is 3.51. The average Bonchev–Trinajstić information content (AvgIpc) is 2.99. The van der Waals surface area contributed by atoms with Crippen molar-refractivity contribution in [1.29, 1.82) is 0 Å². The van der Waals surface area contributed by atoms with E-state index >= 15 is 0 Å². The Bertz CT molecular complexity index is 1360. The molecule has 3 heterocycles. The first-order chi connectivity index (χ1) is 12.9. The van der Waals surface area contributed by atoms with E-state index in [1.807, 2.05) is 18.2 Å². The van der Waals surface area contributed by atoms with Crippen LogP contribution in [0.2, 0.25) is 0 Å². The minimum atomic E-state index is -0.591. The summed E-state index contributed by atoms with van der Waals surface area (Å²) in [5, 5.41) is 10.9. The van der Waals surface area contributed by atoms with Crippen molar-refractivity contribution in [3.05, 3.63) is 67.2 Å². The van der Waals surface area contributed by atoms with Gasteiger partial charge in [0.2, 0.25) is 0 Å². The Morgan fingerprint density at radius 1 is 0.926 bits per heavy atom. The fraction of sp³-hybridized carbons (Fsp3) is 0.176. The fourth-order valence-corrected chi connectivity index (χ4v) is 2.93. The molecule has 0 atom stereocenters. The standard InChI is InChI=1S/C17H15N7O3/c1-9-11(15(25)24(21-9)10-7-5-4-6-8-10)13-18-14-12(19-20-13)16(26)23(3)17(27)22(14)2/h4-8,21H,1-3H3. The first-order valence-electron chi connectivity index (χ1n) is 8.08. The molecule has 136 valence electrons. The molecule has 0 saturated heterocycles. The molecule has 4 rings (SSSR count). The van der Waals surface area contributed by atoms with Crippen LogP contribution in [0.5, 0.6) is 0 Å². The van der Waals surface area contributed by atoms with Gasteiger partial charge >= 0.3 is 5.69 Å². The molecule has 1 aromatic carbocycles. The molecule has 0 radical (unpaired) electrons. The Morgan fingerprint density at radius 3 is 2.33 bits per heavy atom. The van der Waals surface area contributed by atoms with Crippen molar-refractivity contribution in [1.82, 2.24) is 34.1 Å². The molecular weight excluding hydrogens is 350 g/mol. The number of hydrogen-bond acceptors (Lipinski definition) is 6. The zero-order valence-corrected chi connectivity index (χ0v) is 14.8. The number of nitrogens with zero attached hydrogens (tertiary/aromatic N) is 6. The molecular formula is C17H15N7O3. The third kappa shape index (κ3) is 2.41. The Labute approximate surface area is 151 Å². The first-order valence-corrected chi connectivity index (χ1v) is 8.08. The molecule has 4 aromatic rings. The van der Waals surface area contributed by atoms with E-state index in [1.54, 1.807) is 19.1 Å². The minimum Gasteiger partial charge on any atom is -0.295 e. The fourth-order valence-electron chi connectivity index (χ4n) is 2.93. The third-order valence-corrected chi connectivity index (χ3v) is 4.38. The smallest absolute Gasteiger partial charge is 0.295 e. The van der Waals surface area contributed by atoms with Crippen LogP contribution in [0.3, 0.4) is 0 Å². The summed E-state index contributed by atoms with van der Waals surface area (Å²) in [7, 11) is 2.84. The quantitative estimate of drug-likeness (QED) is 0.529. The van der Waals surface area contributed by atoms with Crippen molar-refractivity contribution in [2.24, 2.45) is 14.1 Å². The third-order valence-electron chi connectivity index (χ3n) is 4.38. The Morgan fingerprint density at radius 2 is 1.63 bits per heavy atom. The van der Waals surface area contributed by atoms with Crippen molar-refractivity contribution >= 4 is 11.2 Å². The van der Waals surface area contributed by atoms with Crippen molar-refractivity contribution in [3.63, 3.8) is 0 Å². The summed E-state index contributed by atoms with van der Waals surface area (Å²) >= 11 is 0. The largest absolute Gasteiger partial charge is 0.332 e. The van der Waals surface area contributed by atoms with Gasteiger partial charge in [-0.1, -0.05) is 18.2 Å². The molecule has 10 heteroatoms. The van der Waals surface area contributed by atoms with Gasteiger partial charge in [0.1, 0.15) is 5.56 Å². The van der Waals surface area contributed by atoms with Crippen LogP contribution in [0.1, 0.15) is 5.69 Å². The van der Waals surface area contributed by atoms with E-state index in [4.69, 9.17) is 0 Å². The second-order valence-corrected chi connectivity index (χ2v) is 6.10. The zero-order valence-electron chi connectivity index (χ0n) is 14.8. The average molecular weight is 365 g/mol. The van der Waals surface area contributed by atoms with Gasteiger partial charge in [0.15, 0.2) is 17.0 Å². The van der Waals surface area contributed by atoms with Crippen LogP contribution in [0.4, 0.5) is 0 Å². The van der Waals surface area contributed by atoms with Crippen molar-refractivity contribution in [3.8, 4) is 17.1 Å². The number of nitrogens with one attached hydrogen (secondary N) is 1. The highest BCUT2D eigenvalue weighted by Crippen LogP contribution is 2.16. The van der Waals surface area contributed by atoms with Gasteiger partial charge < -0.3 is 0 Å². The van der Waals surface area contributed by atoms with E-state index in [1.165, 1.54) is 23.3 Å². The number of hydrogen-bond donors (Lipinski definition) is 1. The van der Waals surface area contributed by atoms with Crippen molar-refractivity contribution in [2.75, 3.05) is 0 Å². The lowest BCUT2D eigenvalue weighted by molar-refractivity contribution is 0.700. The van der Waals surface area contributed by atoms with E-state index < -0.39 is 11.2 Å². The Balaban J connectivity index is 1.99. The molecule has 0 amide bonds. The van der Waals surface area contributed by atoms with E-state index in [0.717, 1.165) is 4.57 Å². The number of H-pyrrole nitrogens is 1. The lowest BCUT2D eigenvalue weighted by Crippen LogP contribution is -2.38. The SMILES string of the molecule is Cc1[nH]n(-c2ccccc2)c(=O)c1-c1nnc2c(=O)n(C)c(=O)n(C)c2n1. The molecule has 0 unspecified atom stereocenters. The molecule has 0 aliphatic heterocycles. The summed E-state index contributed by atoms with van der Waals surface area (Å²) in [4.78, 5) is 41.5. The second kappa shape index (κ2) is 5.87. The molecule has 0 saturated carbocycles. The number of aromatic nitrogens is 7. The van der Waals surface area contributed by atoms with E-state index in [-0.39, 0.29) is 28.1 Å². The first kappa shape index (κ1) is 16.6. The van der Waals surface area contributed by atoms with Gasteiger partial charge in [-0.3, -0.25) is 23.8 Å². The van der Waals surface area contributed by atoms with Gasteiger partial charge in [0.25, 0.3) is 11.1 Å².